The van der Waals surface area contributed by atoms with Crippen molar-refractivity contribution in [1.82, 2.24) is 0 Å². The number of aliphatic hydroxyl groups is 1. The van der Waals surface area contributed by atoms with Crippen LogP contribution < -0.4 is 4.74 Å². The molecule has 0 aliphatic heterocycles. The molecule has 13 nitrogen and oxygen atoms in total. The van der Waals surface area contributed by atoms with Gasteiger partial charge in [-0.15, -0.1) is 10.1 Å². The maximum Gasteiger partial charge on any atom is 0.514 e. The predicted molar refractivity (Wildman–Crippen MR) is 154 cm³/mol. The van der Waals surface area contributed by atoms with E-state index < -0.39 is 52.3 Å². The minimum Gasteiger partial charge on any atom is -0.435 e. The number of rotatable bonds is 9. The second-order valence-corrected chi connectivity index (χ2v) is 12.6. The molecular weight excluding hydrogens is 590 g/mol. The molecule has 0 bridgehead atoms. The molecule has 5 rings (SSSR count). The van der Waals surface area contributed by atoms with Crippen molar-refractivity contribution in [2.75, 3.05) is 13.2 Å². The fourth-order valence-electron chi connectivity index (χ4n) is 8.48. The van der Waals surface area contributed by atoms with Crippen molar-refractivity contribution in [3.05, 3.63) is 63.7 Å². The predicted octanol–water partition coefficient (Wildman–Crippen LogP) is 4.67. The van der Waals surface area contributed by atoms with Gasteiger partial charge in [0.2, 0.25) is 5.78 Å². The minimum atomic E-state index is -1.74. The molecule has 0 amide bonds. The van der Waals surface area contributed by atoms with E-state index in [9.17, 15) is 34.4 Å². The highest BCUT2D eigenvalue weighted by Gasteiger charge is 2.70. The molecular formula is C32H37NO12. The van der Waals surface area contributed by atoms with Crippen molar-refractivity contribution in [2.24, 2.45) is 28.6 Å². The van der Waals surface area contributed by atoms with Gasteiger partial charge < -0.3 is 28.9 Å². The van der Waals surface area contributed by atoms with Crippen LogP contribution in [0.25, 0.3) is 0 Å². The Labute approximate surface area is 259 Å². The molecule has 0 heterocycles. The van der Waals surface area contributed by atoms with Crippen molar-refractivity contribution >= 4 is 23.9 Å². The third-order valence-electron chi connectivity index (χ3n) is 10.3. The van der Waals surface area contributed by atoms with Gasteiger partial charge >= 0.3 is 12.3 Å². The molecule has 0 saturated heterocycles. The van der Waals surface area contributed by atoms with E-state index in [1.54, 1.807) is 19.1 Å². The number of benzene rings is 1. The molecule has 4 aliphatic carbocycles. The maximum atomic E-state index is 14.0. The number of fused-ring (bicyclic) bond motifs is 5. The summed E-state index contributed by atoms with van der Waals surface area (Å²) in [5.74, 6) is -1.07. The van der Waals surface area contributed by atoms with E-state index in [-0.39, 0.29) is 55.3 Å². The lowest BCUT2D eigenvalue weighted by Gasteiger charge is -2.59. The highest BCUT2D eigenvalue weighted by molar-refractivity contribution is 6.01. The number of carbonyl (C=O) groups is 4. The number of ketones is 2. The summed E-state index contributed by atoms with van der Waals surface area (Å²) in [6, 6.07) is 5.81. The van der Waals surface area contributed by atoms with E-state index in [2.05, 4.69) is 4.84 Å². The molecule has 4 aliphatic rings. The van der Waals surface area contributed by atoms with Crippen LogP contribution in [-0.4, -0.2) is 59.0 Å². The van der Waals surface area contributed by atoms with Gasteiger partial charge in [-0.3, -0.25) is 9.59 Å². The molecule has 242 valence electrons. The summed E-state index contributed by atoms with van der Waals surface area (Å²) >= 11 is 0. The fourth-order valence-corrected chi connectivity index (χ4v) is 8.48. The van der Waals surface area contributed by atoms with E-state index in [1.807, 2.05) is 19.9 Å². The molecule has 45 heavy (non-hydrogen) atoms. The summed E-state index contributed by atoms with van der Waals surface area (Å²) in [4.78, 5) is 66.3. The second kappa shape index (κ2) is 12.3. The molecule has 3 fully saturated rings. The Balaban J connectivity index is 1.36. The first-order valence-electron chi connectivity index (χ1n) is 15.0. The number of Topliss-reactive ketones (excluding diaryl/α,β-unsaturated/α-hetero) is 1. The Bertz CT molecular complexity index is 1450. The quantitative estimate of drug-likeness (QED) is 0.173. The SMILES string of the molecule is CCOC(=O)O[C@]1(C(=O)COC(=O)Oc2cccc(CO[N+](=O)[O-])c2)CCC2C3CCC4=CC(=O)C=C[C@]4(C)C3[C@@H](O)C[C@@]21C. The Morgan fingerprint density at radius 2 is 1.91 bits per heavy atom. The summed E-state index contributed by atoms with van der Waals surface area (Å²) in [5.41, 5.74) is -1.92. The molecule has 0 aromatic heterocycles. The first kappa shape index (κ1) is 32.1. The molecule has 7 atom stereocenters. The van der Waals surface area contributed by atoms with Crippen LogP contribution in [0.1, 0.15) is 58.4 Å². The number of ether oxygens (including phenoxy) is 4. The molecule has 0 spiro atoms. The topological polar surface area (TPSA) is 178 Å². The van der Waals surface area contributed by atoms with Crippen LogP contribution in [0, 0.1) is 38.7 Å². The molecule has 1 aromatic carbocycles. The van der Waals surface area contributed by atoms with Gasteiger partial charge in [-0.25, -0.2) is 9.59 Å². The van der Waals surface area contributed by atoms with Crippen molar-refractivity contribution in [1.29, 1.82) is 0 Å². The Kier molecular flexibility index (Phi) is 8.76. The van der Waals surface area contributed by atoms with Crippen LogP contribution >= 0.6 is 0 Å². The highest BCUT2D eigenvalue weighted by Crippen LogP contribution is 2.68. The number of nitrogens with zero attached hydrogens (tertiary/aromatic N) is 1. The van der Waals surface area contributed by atoms with Crippen LogP contribution in [0.4, 0.5) is 9.59 Å². The zero-order valence-corrected chi connectivity index (χ0v) is 25.4. The van der Waals surface area contributed by atoms with Crippen molar-refractivity contribution in [3.63, 3.8) is 0 Å². The average Bonchev–Trinajstić information content (AvgIpc) is 3.27. The van der Waals surface area contributed by atoms with Gasteiger partial charge in [0, 0.05) is 16.7 Å². The number of hydrogen-bond acceptors (Lipinski definition) is 12. The number of allylic oxidation sites excluding steroid dienone is 4. The first-order chi connectivity index (χ1) is 21.3. The monoisotopic (exact) mass is 627 g/mol. The average molecular weight is 628 g/mol. The van der Waals surface area contributed by atoms with Crippen molar-refractivity contribution < 1.29 is 53.2 Å². The van der Waals surface area contributed by atoms with Gasteiger partial charge in [0.25, 0.3) is 5.09 Å². The molecule has 3 unspecified atom stereocenters. The van der Waals surface area contributed by atoms with Crippen LogP contribution in [0.15, 0.2) is 48.1 Å². The number of hydrogen-bond donors (Lipinski definition) is 1. The lowest BCUT2D eigenvalue weighted by Crippen LogP contribution is -2.63. The van der Waals surface area contributed by atoms with Crippen molar-refractivity contribution in [2.45, 2.75) is 71.2 Å². The summed E-state index contributed by atoms with van der Waals surface area (Å²) in [6.45, 7) is 4.37. The first-order valence-corrected chi connectivity index (χ1v) is 15.0. The van der Waals surface area contributed by atoms with Gasteiger partial charge in [-0.1, -0.05) is 37.6 Å². The minimum absolute atomic E-state index is 0.0152. The van der Waals surface area contributed by atoms with Gasteiger partial charge in [0.1, 0.15) is 12.4 Å². The van der Waals surface area contributed by atoms with Gasteiger partial charge in [-0.05, 0) is 80.7 Å². The van der Waals surface area contributed by atoms with E-state index in [0.29, 0.717) is 24.8 Å². The molecule has 3 saturated carbocycles. The van der Waals surface area contributed by atoms with E-state index in [0.717, 1.165) is 5.57 Å². The fraction of sp³-hybridized carbons (Fsp3) is 0.562. The van der Waals surface area contributed by atoms with Crippen LogP contribution in [-0.2, 0) is 35.2 Å². The number of aliphatic hydroxyl groups excluding tert-OH is 1. The molecule has 13 heteroatoms. The summed E-state index contributed by atoms with van der Waals surface area (Å²) in [7, 11) is 0. The van der Waals surface area contributed by atoms with Crippen LogP contribution in [0.5, 0.6) is 5.75 Å². The van der Waals surface area contributed by atoms with E-state index in [4.69, 9.17) is 18.9 Å². The lowest BCUT2D eigenvalue weighted by molar-refractivity contribution is -0.763. The summed E-state index contributed by atoms with van der Waals surface area (Å²) in [5, 5.41) is 21.3. The van der Waals surface area contributed by atoms with E-state index >= 15 is 0 Å². The molecule has 1 aromatic rings. The van der Waals surface area contributed by atoms with Crippen LogP contribution in [0.2, 0.25) is 0 Å². The Hall–Kier alpha value is -4.26. The van der Waals surface area contributed by atoms with E-state index in [1.165, 1.54) is 24.3 Å². The second-order valence-electron chi connectivity index (χ2n) is 12.6. The lowest BCUT2D eigenvalue weighted by atomic mass is 9.46. The zero-order chi connectivity index (χ0) is 32.6. The largest absolute Gasteiger partial charge is 0.514 e. The zero-order valence-electron chi connectivity index (χ0n) is 25.4. The van der Waals surface area contributed by atoms with Gasteiger partial charge in [0.15, 0.2) is 18.0 Å². The van der Waals surface area contributed by atoms with Crippen LogP contribution in [0.3, 0.4) is 0 Å². The standard InChI is InChI=1S/C32H37NO12/c1-4-41-29(38)45-32(26(36)18-42-28(37)44-22-7-5-6-19(14-22)17-43-33(39)40)13-11-24-23-9-8-20-15-21(34)10-12-30(20,2)27(23)25(35)16-31(24,32)3/h5-7,10,12,14-15,23-25,27,35H,4,8-9,11,13,16-18H2,1-3H3/t23?,24?,25-,27?,30-,31-,32-/m0/s1. The summed E-state index contributed by atoms with van der Waals surface area (Å²) < 4.78 is 21.3. The normalized spacial score (nSPS) is 33.1. The molecule has 1 N–H and O–H groups in total. The Morgan fingerprint density at radius 1 is 1.13 bits per heavy atom. The Morgan fingerprint density at radius 3 is 2.64 bits per heavy atom. The summed E-state index contributed by atoms with van der Waals surface area (Å²) in [6.07, 6.45) is 4.16. The third-order valence-corrected chi connectivity index (χ3v) is 10.3. The number of carbonyl (C=O) groups excluding carboxylic acids is 4. The highest BCUT2D eigenvalue weighted by atomic mass is 16.9. The third kappa shape index (κ3) is 5.81. The van der Waals surface area contributed by atoms with Gasteiger partial charge in [-0.2, -0.15) is 0 Å². The molecule has 0 radical (unpaired) electrons. The smallest absolute Gasteiger partial charge is 0.435 e. The van der Waals surface area contributed by atoms with Crippen molar-refractivity contribution in [3.8, 4) is 5.75 Å². The van der Waals surface area contributed by atoms with Gasteiger partial charge in [0.05, 0.1) is 12.7 Å². The maximum absolute atomic E-state index is 14.0.